The van der Waals surface area contributed by atoms with E-state index in [1.54, 1.807) is 12.1 Å². The number of hydrogen-bond donors (Lipinski definition) is 2. The molecule has 1 aliphatic rings. The number of piperidine rings is 1. The lowest BCUT2D eigenvalue weighted by Gasteiger charge is -2.35. The van der Waals surface area contributed by atoms with E-state index < -0.39 is 0 Å². The monoisotopic (exact) mass is 424 g/mol. The van der Waals surface area contributed by atoms with Crippen molar-refractivity contribution in [3.63, 3.8) is 0 Å². The number of phenols is 1. The SMILES string of the molecule is C=CC(=O)N1CCCCC1c1[nH]c2nnc(-c3ccccc3O)cc2c1-c1ccccc1. The van der Waals surface area contributed by atoms with Crippen LogP contribution in [0, 0.1) is 0 Å². The molecule has 6 nitrogen and oxygen atoms in total. The zero-order valence-corrected chi connectivity index (χ0v) is 17.7. The lowest BCUT2D eigenvalue weighted by Crippen LogP contribution is -2.37. The van der Waals surface area contributed by atoms with Crippen LogP contribution in [0.5, 0.6) is 5.75 Å². The highest BCUT2D eigenvalue weighted by molar-refractivity contribution is 5.98. The molecule has 0 aliphatic carbocycles. The second-order valence-electron chi connectivity index (χ2n) is 8.04. The van der Waals surface area contributed by atoms with Gasteiger partial charge in [-0.2, -0.15) is 0 Å². The molecule has 2 aromatic carbocycles. The number of H-pyrrole nitrogens is 1. The van der Waals surface area contributed by atoms with Crippen LogP contribution in [-0.2, 0) is 4.79 Å². The van der Waals surface area contributed by atoms with Crippen molar-refractivity contribution in [2.75, 3.05) is 6.54 Å². The van der Waals surface area contributed by atoms with E-state index in [2.05, 4.69) is 33.9 Å². The molecule has 6 heteroatoms. The number of likely N-dealkylation sites (tertiary alicyclic amines) is 1. The predicted molar refractivity (Wildman–Crippen MR) is 125 cm³/mol. The number of rotatable bonds is 4. The molecule has 0 spiro atoms. The molecule has 1 fully saturated rings. The molecule has 5 rings (SSSR count). The number of aromatic amines is 1. The van der Waals surface area contributed by atoms with Gasteiger partial charge < -0.3 is 15.0 Å². The fraction of sp³-hybridized carbons (Fsp3) is 0.192. The van der Waals surface area contributed by atoms with Gasteiger partial charge in [0.25, 0.3) is 0 Å². The van der Waals surface area contributed by atoms with E-state index in [1.807, 2.05) is 41.3 Å². The van der Waals surface area contributed by atoms with Crippen LogP contribution in [0.2, 0.25) is 0 Å². The number of aromatic nitrogens is 3. The van der Waals surface area contributed by atoms with Crippen molar-refractivity contribution in [3.05, 3.63) is 79.0 Å². The summed E-state index contributed by atoms with van der Waals surface area (Å²) in [7, 11) is 0. The largest absolute Gasteiger partial charge is 0.507 e. The molecular formula is C26H24N4O2. The molecule has 2 aromatic heterocycles. The summed E-state index contributed by atoms with van der Waals surface area (Å²) in [6.45, 7) is 4.40. The molecule has 0 saturated carbocycles. The third-order valence-electron chi connectivity index (χ3n) is 6.12. The van der Waals surface area contributed by atoms with Crippen LogP contribution in [-0.4, -0.2) is 37.6 Å². The number of aromatic hydroxyl groups is 1. The molecule has 32 heavy (non-hydrogen) atoms. The smallest absolute Gasteiger partial charge is 0.246 e. The number of nitrogens with one attached hydrogen (secondary N) is 1. The van der Waals surface area contributed by atoms with E-state index in [1.165, 1.54) is 6.08 Å². The van der Waals surface area contributed by atoms with Gasteiger partial charge in [0.2, 0.25) is 5.91 Å². The average molecular weight is 425 g/mol. The maximum absolute atomic E-state index is 12.6. The lowest BCUT2D eigenvalue weighted by atomic mass is 9.93. The highest BCUT2D eigenvalue weighted by Gasteiger charge is 2.31. The second kappa shape index (κ2) is 8.30. The quantitative estimate of drug-likeness (QED) is 0.439. The molecule has 2 N–H and O–H groups in total. The van der Waals surface area contributed by atoms with Gasteiger partial charge in [-0.05, 0) is 49.1 Å². The Hall–Kier alpha value is -3.93. The number of carbonyl (C=O) groups is 1. The van der Waals surface area contributed by atoms with Crippen LogP contribution in [0.15, 0.2) is 73.3 Å². The van der Waals surface area contributed by atoms with E-state index in [0.717, 1.165) is 41.5 Å². The molecule has 1 atom stereocenters. The predicted octanol–water partition coefficient (Wildman–Crippen LogP) is 5.24. The van der Waals surface area contributed by atoms with Crippen molar-refractivity contribution in [2.24, 2.45) is 0 Å². The number of hydrogen-bond acceptors (Lipinski definition) is 4. The van der Waals surface area contributed by atoms with E-state index in [4.69, 9.17) is 0 Å². The fourth-order valence-corrected chi connectivity index (χ4v) is 4.61. The van der Waals surface area contributed by atoms with Gasteiger partial charge in [-0.15, -0.1) is 10.2 Å². The Labute approximate surface area is 186 Å². The van der Waals surface area contributed by atoms with E-state index in [0.29, 0.717) is 23.4 Å². The maximum Gasteiger partial charge on any atom is 0.246 e. The summed E-state index contributed by atoms with van der Waals surface area (Å²) >= 11 is 0. The minimum Gasteiger partial charge on any atom is -0.507 e. The van der Waals surface area contributed by atoms with Crippen molar-refractivity contribution in [2.45, 2.75) is 25.3 Å². The fourth-order valence-electron chi connectivity index (χ4n) is 4.61. The van der Waals surface area contributed by atoms with Crippen LogP contribution in [0.4, 0.5) is 0 Å². The zero-order chi connectivity index (χ0) is 22.1. The number of carbonyl (C=O) groups excluding carboxylic acids is 1. The normalized spacial score (nSPS) is 16.2. The Morgan fingerprint density at radius 3 is 2.66 bits per heavy atom. The average Bonchev–Trinajstić information content (AvgIpc) is 3.23. The molecule has 4 aromatic rings. The van der Waals surface area contributed by atoms with Crippen molar-refractivity contribution in [1.82, 2.24) is 20.1 Å². The minimum atomic E-state index is -0.0905. The van der Waals surface area contributed by atoms with Gasteiger partial charge in [-0.3, -0.25) is 4.79 Å². The van der Waals surface area contributed by atoms with Gasteiger partial charge in [0, 0.05) is 28.8 Å². The van der Waals surface area contributed by atoms with Crippen LogP contribution in [0.1, 0.15) is 31.0 Å². The molecular weight excluding hydrogens is 400 g/mol. The van der Waals surface area contributed by atoms with Gasteiger partial charge in [0.05, 0.1) is 11.7 Å². The summed E-state index contributed by atoms with van der Waals surface area (Å²) < 4.78 is 0. The molecule has 1 amide bonds. The Bertz CT molecular complexity index is 1300. The number of para-hydroxylation sites is 1. The Morgan fingerprint density at radius 2 is 1.88 bits per heavy atom. The first-order valence-electron chi connectivity index (χ1n) is 10.8. The summed E-state index contributed by atoms with van der Waals surface area (Å²) in [6, 6.07) is 19.1. The van der Waals surface area contributed by atoms with Gasteiger partial charge in [0.1, 0.15) is 5.75 Å². The summed E-state index contributed by atoms with van der Waals surface area (Å²) in [5.41, 5.74) is 4.91. The molecule has 1 unspecified atom stereocenters. The summed E-state index contributed by atoms with van der Waals surface area (Å²) in [5.74, 6) is 0.0987. The van der Waals surface area contributed by atoms with Crippen molar-refractivity contribution in [3.8, 4) is 28.1 Å². The van der Waals surface area contributed by atoms with Crippen molar-refractivity contribution < 1.29 is 9.90 Å². The number of fused-ring (bicyclic) bond motifs is 1. The Morgan fingerprint density at radius 1 is 1.09 bits per heavy atom. The summed E-state index contributed by atoms with van der Waals surface area (Å²) in [4.78, 5) is 18.0. The molecule has 160 valence electrons. The first-order chi connectivity index (χ1) is 15.7. The standard InChI is InChI=1S/C26H24N4O2/c1-2-23(32)30-15-9-8-13-21(30)25-24(17-10-4-3-5-11-17)19-16-20(28-29-26(19)27-25)18-12-6-7-14-22(18)31/h2-7,10-12,14,16,21,31H,1,8-9,13,15H2,(H,27,29). The first kappa shape index (κ1) is 20.0. The Kier molecular flexibility index (Phi) is 5.19. The first-order valence-corrected chi connectivity index (χ1v) is 10.8. The van der Waals surface area contributed by atoms with E-state index in [-0.39, 0.29) is 17.7 Å². The van der Waals surface area contributed by atoms with Gasteiger partial charge >= 0.3 is 0 Å². The van der Waals surface area contributed by atoms with E-state index >= 15 is 0 Å². The summed E-state index contributed by atoms with van der Waals surface area (Å²) in [6.07, 6.45) is 4.28. The van der Waals surface area contributed by atoms with E-state index in [9.17, 15) is 9.90 Å². The lowest BCUT2D eigenvalue weighted by molar-refractivity contribution is -0.129. The topological polar surface area (TPSA) is 82.1 Å². The highest BCUT2D eigenvalue weighted by atomic mass is 16.3. The second-order valence-corrected chi connectivity index (χ2v) is 8.04. The molecule has 1 saturated heterocycles. The number of amides is 1. The van der Waals surface area contributed by atoms with Crippen molar-refractivity contribution >= 4 is 16.9 Å². The highest BCUT2D eigenvalue weighted by Crippen LogP contribution is 2.41. The number of nitrogens with zero attached hydrogens (tertiary/aromatic N) is 3. The number of phenolic OH excluding ortho intramolecular Hbond substituents is 1. The van der Waals surface area contributed by atoms with Crippen LogP contribution in [0.25, 0.3) is 33.4 Å². The molecule has 1 aliphatic heterocycles. The third kappa shape index (κ3) is 3.43. The maximum atomic E-state index is 12.6. The molecule has 0 bridgehead atoms. The van der Waals surface area contributed by atoms with Crippen molar-refractivity contribution in [1.29, 1.82) is 0 Å². The van der Waals surface area contributed by atoms with Gasteiger partial charge in [-0.1, -0.05) is 49.0 Å². The van der Waals surface area contributed by atoms with Crippen LogP contribution in [0.3, 0.4) is 0 Å². The third-order valence-corrected chi connectivity index (χ3v) is 6.12. The van der Waals surface area contributed by atoms with Gasteiger partial charge in [0.15, 0.2) is 5.65 Å². The Balaban J connectivity index is 1.74. The van der Waals surface area contributed by atoms with Crippen LogP contribution >= 0.6 is 0 Å². The zero-order valence-electron chi connectivity index (χ0n) is 17.7. The molecule has 0 radical (unpaired) electrons. The molecule has 3 heterocycles. The van der Waals surface area contributed by atoms with Crippen LogP contribution < -0.4 is 0 Å². The minimum absolute atomic E-state index is 0.0617. The number of benzene rings is 2. The van der Waals surface area contributed by atoms with Gasteiger partial charge in [-0.25, -0.2) is 0 Å². The summed E-state index contributed by atoms with van der Waals surface area (Å²) in [5, 5.41) is 20.1.